The molecule has 0 bridgehead atoms. The van der Waals surface area contributed by atoms with Crippen LogP contribution in [0, 0.1) is 0 Å². The van der Waals surface area contributed by atoms with Gasteiger partial charge in [-0.3, -0.25) is 4.79 Å². The second-order valence-corrected chi connectivity index (χ2v) is 16.8. The molecule has 0 amide bonds. The minimum absolute atomic E-state index is 0.0937. The standard InChI is InChI=1S/C55H56O15/c1-63-41-25-37(26-42(64-2)50(41)65-27-33-15-7-3-8-16-33)23-24-38(56)43-51(66-28-34-17-9-4-10-18-34)44(54-48(61)46(59)39(57)31-69-54)53(68-30-36-21-13-6-14-22-36)45(55-49(62)47(60)40(58)32-70-55)52(43)67-29-35-19-11-5-12-20-35/h3-26,39-40,46-49,54-55,57-62H,27-32H2,1-2H3/b24-23+/t39-,40-,46+,47+,48-,49-,54+,55+/m1/s1. The number of allylic oxidation sites excluding steroid dienone is 1. The minimum atomic E-state index is -1.84. The topological polar surface area (TPSA) is 212 Å². The van der Waals surface area contributed by atoms with Crippen molar-refractivity contribution in [1.29, 1.82) is 0 Å². The van der Waals surface area contributed by atoms with E-state index in [2.05, 4.69) is 0 Å². The number of methoxy groups -OCH3 is 2. The third-order valence-corrected chi connectivity index (χ3v) is 12.1. The van der Waals surface area contributed by atoms with Crippen molar-refractivity contribution >= 4 is 11.9 Å². The fraction of sp³-hybridized carbons (Fsp3) is 0.291. The molecule has 2 saturated heterocycles. The average Bonchev–Trinajstić information content (AvgIpc) is 3.39. The summed E-state index contributed by atoms with van der Waals surface area (Å²) >= 11 is 0. The number of ether oxygens (including phenoxy) is 8. The van der Waals surface area contributed by atoms with Crippen molar-refractivity contribution in [1.82, 2.24) is 0 Å². The van der Waals surface area contributed by atoms with E-state index in [1.165, 1.54) is 26.4 Å². The molecule has 0 radical (unpaired) electrons. The van der Waals surface area contributed by atoms with Crippen LogP contribution in [0.4, 0.5) is 0 Å². The molecule has 15 nitrogen and oxygen atoms in total. The maximum Gasteiger partial charge on any atom is 0.203 e. The molecule has 366 valence electrons. The molecule has 70 heavy (non-hydrogen) atoms. The van der Waals surface area contributed by atoms with E-state index < -0.39 is 67.8 Å². The molecule has 2 heterocycles. The summed E-state index contributed by atoms with van der Waals surface area (Å²) in [7, 11) is 2.96. The number of carbonyl (C=O) groups is 1. The summed E-state index contributed by atoms with van der Waals surface area (Å²) in [4.78, 5) is 15.5. The smallest absolute Gasteiger partial charge is 0.203 e. The van der Waals surface area contributed by atoms with E-state index in [0.717, 1.165) is 5.56 Å². The van der Waals surface area contributed by atoms with Gasteiger partial charge >= 0.3 is 0 Å². The van der Waals surface area contributed by atoms with Gasteiger partial charge in [-0.15, -0.1) is 0 Å². The van der Waals surface area contributed by atoms with E-state index in [9.17, 15) is 30.6 Å². The van der Waals surface area contributed by atoms with Crippen LogP contribution in [0.25, 0.3) is 6.08 Å². The number of aliphatic hydroxyl groups excluding tert-OH is 6. The largest absolute Gasteiger partial charge is 0.493 e. The van der Waals surface area contributed by atoms with Gasteiger partial charge in [-0.05, 0) is 46.0 Å². The van der Waals surface area contributed by atoms with Crippen LogP contribution in [0.2, 0.25) is 0 Å². The number of hydrogen-bond acceptors (Lipinski definition) is 15. The highest BCUT2D eigenvalue weighted by atomic mass is 16.6. The SMILES string of the molecule is COc1cc(/C=C/C(=O)c2c(OCc3ccccc3)c([C@@H]3OC[C@@H](O)[C@H](O)[C@H]3O)c(OCc3ccccc3)c([C@@H]3OC[C@@H](O)[C@H](O)[C@H]3O)c2OCc2ccccc2)cc(OC)c1OCc1ccccc1. The Bertz CT molecular complexity index is 2560. The molecule has 8 rings (SSSR count). The highest BCUT2D eigenvalue weighted by Crippen LogP contribution is 2.54. The quantitative estimate of drug-likeness (QED) is 0.0393. The number of carbonyl (C=O) groups excluding carboxylic acids is 1. The van der Waals surface area contributed by atoms with Crippen molar-refractivity contribution in [3.8, 4) is 34.5 Å². The molecular weight excluding hydrogens is 901 g/mol. The van der Waals surface area contributed by atoms with Gasteiger partial charge in [-0.2, -0.15) is 0 Å². The predicted molar refractivity (Wildman–Crippen MR) is 256 cm³/mol. The molecule has 15 heteroatoms. The molecular formula is C55H56O15. The van der Waals surface area contributed by atoms with Gasteiger partial charge in [-0.1, -0.05) is 127 Å². The summed E-state index contributed by atoms with van der Waals surface area (Å²) in [6.45, 7) is -1.11. The molecule has 0 spiro atoms. The van der Waals surface area contributed by atoms with Crippen molar-refractivity contribution in [2.45, 2.75) is 75.3 Å². The molecule has 2 aliphatic rings. The van der Waals surface area contributed by atoms with Crippen LogP contribution < -0.4 is 28.4 Å². The monoisotopic (exact) mass is 956 g/mol. The molecule has 8 atom stereocenters. The summed E-state index contributed by atoms with van der Waals surface area (Å²) < 4.78 is 50.2. The van der Waals surface area contributed by atoms with Crippen molar-refractivity contribution in [2.75, 3.05) is 27.4 Å². The summed E-state index contributed by atoms with van der Waals surface area (Å²) in [5.41, 5.74) is 3.00. The molecule has 0 aliphatic carbocycles. The van der Waals surface area contributed by atoms with Crippen LogP contribution in [-0.4, -0.2) is 100 Å². The summed E-state index contributed by atoms with van der Waals surface area (Å²) in [6, 6.07) is 40.2. The van der Waals surface area contributed by atoms with Crippen LogP contribution in [0.5, 0.6) is 34.5 Å². The summed E-state index contributed by atoms with van der Waals surface area (Å²) in [5.74, 6) is -0.266. The predicted octanol–water partition coefficient (Wildman–Crippen LogP) is 6.22. The maximum atomic E-state index is 15.5. The normalized spacial score (nSPS) is 22.3. The van der Waals surface area contributed by atoms with E-state index in [-0.39, 0.29) is 60.4 Å². The van der Waals surface area contributed by atoms with Crippen molar-refractivity contribution in [2.24, 2.45) is 0 Å². The summed E-state index contributed by atoms with van der Waals surface area (Å²) in [6.07, 6.45) is -10.5. The van der Waals surface area contributed by atoms with Crippen LogP contribution in [-0.2, 0) is 35.9 Å². The lowest BCUT2D eigenvalue weighted by atomic mass is 9.85. The Morgan fingerprint density at radius 3 is 1.20 bits per heavy atom. The lowest BCUT2D eigenvalue weighted by Crippen LogP contribution is -2.50. The van der Waals surface area contributed by atoms with Crippen molar-refractivity contribution in [3.63, 3.8) is 0 Å². The van der Waals surface area contributed by atoms with Crippen LogP contribution in [0.3, 0.4) is 0 Å². The molecule has 6 aromatic carbocycles. The Hall–Kier alpha value is -6.79. The Morgan fingerprint density at radius 2 is 0.843 bits per heavy atom. The van der Waals surface area contributed by atoms with Gasteiger partial charge in [0.2, 0.25) is 5.75 Å². The molecule has 0 unspecified atom stereocenters. The van der Waals surface area contributed by atoms with Gasteiger partial charge in [0.15, 0.2) is 17.3 Å². The lowest BCUT2D eigenvalue weighted by molar-refractivity contribution is -0.192. The number of rotatable bonds is 19. The van der Waals surface area contributed by atoms with E-state index in [1.54, 1.807) is 12.1 Å². The average molecular weight is 957 g/mol. The molecule has 0 saturated carbocycles. The van der Waals surface area contributed by atoms with Crippen molar-refractivity contribution in [3.05, 3.63) is 184 Å². The highest BCUT2D eigenvalue weighted by molar-refractivity contribution is 6.11. The zero-order chi connectivity index (χ0) is 49.1. The van der Waals surface area contributed by atoms with E-state index in [1.807, 2.05) is 121 Å². The minimum Gasteiger partial charge on any atom is -0.493 e. The Balaban J connectivity index is 1.37. The maximum absolute atomic E-state index is 15.5. The Labute approximate surface area is 405 Å². The Kier molecular flexibility index (Phi) is 16.5. The van der Waals surface area contributed by atoms with Gasteiger partial charge in [-0.25, -0.2) is 0 Å². The molecule has 2 fully saturated rings. The number of aliphatic hydroxyl groups is 6. The second-order valence-electron chi connectivity index (χ2n) is 16.8. The Morgan fingerprint density at radius 1 is 0.500 bits per heavy atom. The molecule has 2 aliphatic heterocycles. The summed E-state index contributed by atoms with van der Waals surface area (Å²) in [5, 5.41) is 67.6. The van der Waals surface area contributed by atoms with Gasteiger partial charge in [0.05, 0.1) is 38.6 Å². The molecule has 0 aromatic heterocycles. The van der Waals surface area contributed by atoms with E-state index >= 15 is 4.79 Å². The van der Waals surface area contributed by atoms with Crippen LogP contribution in [0.1, 0.15) is 61.5 Å². The first-order valence-electron chi connectivity index (χ1n) is 22.8. The first kappa shape index (κ1) is 49.6. The fourth-order valence-electron chi connectivity index (χ4n) is 8.35. The third kappa shape index (κ3) is 11.3. The van der Waals surface area contributed by atoms with Crippen molar-refractivity contribution < 1.29 is 73.3 Å². The number of hydrogen-bond donors (Lipinski definition) is 6. The first-order chi connectivity index (χ1) is 34.1. The number of benzene rings is 6. The zero-order valence-electron chi connectivity index (χ0n) is 38.6. The van der Waals surface area contributed by atoms with E-state index in [4.69, 9.17) is 37.9 Å². The van der Waals surface area contributed by atoms with Gasteiger partial charge < -0.3 is 68.5 Å². The third-order valence-electron chi connectivity index (χ3n) is 12.1. The van der Waals surface area contributed by atoms with Crippen LogP contribution in [0.15, 0.2) is 140 Å². The second kappa shape index (κ2) is 23.2. The fourth-order valence-corrected chi connectivity index (χ4v) is 8.35. The molecule has 6 aromatic rings. The van der Waals surface area contributed by atoms with Crippen LogP contribution >= 0.6 is 0 Å². The van der Waals surface area contributed by atoms with E-state index in [0.29, 0.717) is 39.5 Å². The van der Waals surface area contributed by atoms with Gasteiger partial charge in [0, 0.05) is 0 Å². The lowest BCUT2D eigenvalue weighted by Gasteiger charge is -2.40. The highest BCUT2D eigenvalue weighted by Gasteiger charge is 2.48. The molecule has 6 N–H and O–H groups in total. The van der Waals surface area contributed by atoms with Gasteiger partial charge in [0.1, 0.15) is 98.1 Å². The van der Waals surface area contributed by atoms with Gasteiger partial charge in [0.25, 0.3) is 0 Å². The first-order valence-corrected chi connectivity index (χ1v) is 22.8. The zero-order valence-corrected chi connectivity index (χ0v) is 38.6. The number of ketones is 1.